The largest absolute Gasteiger partial charge is 0.497 e. The maximum absolute atomic E-state index is 12.9. The summed E-state index contributed by atoms with van der Waals surface area (Å²) in [5.41, 5.74) is 1.31. The predicted octanol–water partition coefficient (Wildman–Crippen LogP) is 2.42. The third-order valence-electron chi connectivity index (χ3n) is 5.08. The molecule has 8 nitrogen and oxygen atoms in total. The van der Waals surface area contributed by atoms with E-state index in [2.05, 4.69) is 10.3 Å². The Labute approximate surface area is 185 Å². The monoisotopic (exact) mass is 461 g/mol. The fourth-order valence-electron chi connectivity index (χ4n) is 3.60. The third-order valence-corrected chi connectivity index (χ3v) is 8.33. The number of rotatable bonds is 6. The van der Waals surface area contributed by atoms with Gasteiger partial charge in [-0.3, -0.25) is 9.79 Å². The number of carbonyl (C=O) groups excluding carboxylic acids is 1. The van der Waals surface area contributed by atoms with Gasteiger partial charge in [-0.2, -0.15) is 0 Å². The average Bonchev–Trinajstić information content (AvgIpc) is 3.25. The van der Waals surface area contributed by atoms with Crippen LogP contribution in [0.3, 0.4) is 0 Å². The molecule has 2 aromatic carbocycles. The Bertz CT molecular complexity index is 1120. The van der Waals surface area contributed by atoms with Crippen molar-refractivity contribution in [2.45, 2.75) is 11.3 Å². The number of anilines is 2. The zero-order valence-electron chi connectivity index (χ0n) is 17.1. The van der Waals surface area contributed by atoms with Crippen molar-refractivity contribution < 1.29 is 22.7 Å². The van der Waals surface area contributed by atoms with E-state index in [0.717, 1.165) is 5.69 Å². The molecule has 2 atom stereocenters. The first kappa shape index (κ1) is 21.5. The molecule has 10 heteroatoms. The van der Waals surface area contributed by atoms with Crippen molar-refractivity contribution >= 4 is 44.0 Å². The number of amides is 1. The first-order valence-electron chi connectivity index (χ1n) is 9.68. The minimum absolute atomic E-state index is 0.00321. The molecule has 164 valence electrons. The lowest BCUT2D eigenvalue weighted by Gasteiger charge is -2.24. The molecule has 1 N–H and O–H groups in total. The Balaban J connectivity index is 1.59. The number of carbonyl (C=O) groups is 1. The predicted molar refractivity (Wildman–Crippen MR) is 123 cm³/mol. The van der Waals surface area contributed by atoms with Gasteiger partial charge in [0.25, 0.3) is 0 Å². The molecule has 0 unspecified atom stereocenters. The maximum atomic E-state index is 12.9. The second-order valence-electron chi connectivity index (χ2n) is 7.25. The molecule has 1 saturated heterocycles. The zero-order valence-corrected chi connectivity index (χ0v) is 18.8. The lowest BCUT2D eigenvalue weighted by atomic mass is 10.2. The first-order chi connectivity index (χ1) is 14.9. The number of hydrogen-bond acceptors (Lipinski definition) is 8. The number of sulfone groups is 1. The van der Waals surface area contributed by atoms with Crippen LogP contribution in [0.4, 0.5) is 11.4 Å². The Hall–Kier alpha value is -2.72. The summed E-state index contributed by atoms with van der Waals surface area (Å²) in [6.45, 7) is 0.00321. The summed E-state index contributed by atoms with van der Waals surface area (Å²) in [6, 6.07) is 14.3. The van der Waals surface area contributed by atoms with E-state index in [1.165, 1.54) is 11.8 Å². The number of fused-ring (bicyclic) bond motifs is 1. The summed E-state index contributed by atoms with van der Waals surface area (Å²) < 4.78 is 34.5. The molecule has 0 saturated carbocycles. The molecule has 0 spiro atoms. The number of hydrogen-bond donors (Lipinski definition) is 1. The van der Waals surface area contributed by atoms with Crippen molar-refractivity contribution in [2.24, 2.45) is 4.99 Å². The van der Waals surface area contributed by atoms with Gasteiger partial charge >= 0.3 is 0 Å². The lowest BCUT2D eigenvalue weighted by Crippen LogP contribution is -2.36. The number of benzene rings is 2. The molecule has 2 aromatic rings. The summed E-state index contributed by atoms with van der Waals surface area (Å²) >= 11 is 1.41. The Morgan fingerprint density at radius 2 is 1.97 bits per heavy atom. The maximum Gasteiger partial charge on any atom is 0.244 e. The van der Waals surface area contributed by atoms with E-state index in [9.17, 15) is 13.2 Å². The Morgan fingerprint density at radius 1 is 1.16 bits per heavy atom. The fourth-order valence-corrected chi connectivity index (χ4v) is 7.38. The topological polar surface area (TPSA) is 97.3 Å². The van der Waals surface area contributed by atoms with Crippen LogP contribution in [-0.2, 0) is 14.6 Å². The molecule has 4 rings (SSSR count). The molecule has 1 amide bonds. The van der Waals surface area contributed by atoms with E-state index in [1.807, 2.05) is 36.4 Å². The highest BCUT2D eigenvalue weighted by molar-refractivity contribution is 8.15. The normalized spacial score (nSPS) is 21.2. The molecule has 31 heavy (non-hydrogen) atoms. The summed E-state index contributed by atoms with van der Waals surface area (Å²) in [7, 11) is 0.0632. The molecule has 0 aliphatic carbocycles. The van der Waals surface area contributed by atoms with Crippen LogP contribution in [0.5, 0.6) is 11.5 Å². The molecule has 0 radical (unpaired) electrons. The zero-order chi connectivity index (χ0) is 22.0. The van der Waals surface area contributed by atoms with Crippen molar-refractivity contribution in [3.05, 3.63) is 48.5 Å². The number of aliphatic imine (C=N–C) groups is 1. The standard InChI is InChI=1S/C21H23N3O5S2/c1-28-15-7-5-6-14(10-15)24(21-23-17-12-31(26,27)13-19(17)30-21)11-20(25)22-16-8-3-4-9-18(16)29-2/h3-10,17,19H,11-13H2,1-2H3,(H,22,25)/t17-,19+/m1/s1. The van der Waals surface area contributed by atoms with E-state index in [4.69, 9.17) is 9.47 Å². The van der Waals surface area contributed by atoms with Crippen LogP contribution in [0.2, 0.25) is 0 Å². The van der Waals surface area contributed by atoms with E-state index in [-0.39, 0.29) is 35.2 Å². The second kappa shape index (κ2) is 8.80. The van der Waals surface area contributed by atoms with Gasteiger partial charge in [-0.25, -0.2) is 8.42 Å². The van der Waals surface area contributed by atoms with Crippen molar-refractivity contribution in [1.29, 1.82) is 0 Å². The Morgan fingerprint density at radius 3 is 2.71 bits per heavy atom. The Kier molecular flexibility index (Phi) is 6.10. The number of para-hydroxylation sites is 2. The summed E-state index contributed by atoms with van der Waals surface area (Å²) in [4.78, 5) is 19.4. The average molecular weight is 462 g/mol. The van der Waals surface area contributed by atoms with Gasteiger partial charge < -0.3 is 19.7 Å². The number of thioether (sulfide) groups is 1. The van der Waals surface area contributed by atoms with Crippen LogP contribution in [0.1, 0.15) is 0 Å². The number of methoxy groups -OCH3 is 2. The van der Waals surface area contributed by atoms with Crippen LogP contribution in [-0.4, -0.2) is 63.1 Å². The van der Waals surface area contributed by atoms with Crippen LogP contribution in [0.15, 0.2) is 53.5 Å². The van der Waals surface area contributed by atoms with Gasteiger partial charge in [-0.05, 0) is 24.3 Å². The van der Waals surface area contributed by atoms with Crippen LogP contribution >= 0.6 is 11.8 Å². The molecule has 2 aliphatic heterocycles. The molecule has 2 heterocycles. The highest BCUT2D eigenvalue weighted by Crippen LogP contribution is 2.37. The number of amidine groups is 1. The highest BCUT2D eigenvalue weighted by atomic mass is 32.2. The van der Waals surface area contributed by atoms with Crippen LogP contribution in [0, 0.1) is 0 Å². The van der Waals surface area contributed by atoms with Crippen molar-refractivity contribution in [1.82, 2.24) is 0 Å². The summed E-state index contributed by atoms with van der Waals surface area (Å²) in [5.74, 6) is 1.12. The minimum Gasteiger partial charge on any atom is -0.497 e. The van der Waals surface area contributed by atoms with E-state index >= 15 is 0 Å². The van der Waals surface area contributed by atoms with Gasteiger partial charge in [0.15, 0.2) is 15.0 Å². The van der Waals surface area contributed by atoms with E-state index in [0.29, 0.717) is 22.4 Å². The van der Waals surface area contributed by atoms with E-state index in [1.54, 1.807) is 31.3 Å². The van der Waals surface area contributed by atoms with Crippen molar-refractivity contribution in [3.63, 3.8) is 0 Å². The quantitative estimate of drug-likeness (QED) is 0.706. The molecular formula is C21H23N3O5S2. The summed E-state index contributed by atoms with van der Waals surface area (Å²) in [5, 5.41) is 3.39. The molecule has 1 fully saturated rings. The van der Waals surface area contributed by atoms with Gasteiger partial charge in [0.2, 0.25) is 5.91 Å². The number of ether oxygens (including phenoxy) is 2. The van der Waals surface area contributed by atoms with Crippen LogP contribution < -0.4 is 19.7 Å². The van der Waals surface area contributed by atoms with Gasteiger partial charge in [-0.1, -0.05) is 30.0 Å². The minimum atomic E-state index is -3.06. The number of nitrogens with one attached hydrogen (secondary N) is 1. The first-order valence-corrected chi connectivity index (χ1v) is 12.4. The lowest BCUT2D eigenvalue weighted by molar-refractivity contribution is -0.114. The van der Waals surface area contributed by atoms with Gasteiger partial charge in [0.05, 0.1) is 37.5 Å². The van der Waals surface area contributed by atoms with Gasteiger partial charge in [0.1, 0.15) is 18.0 Å². The van der Waals surface area contributed by atoms with Crippen molar-refractivity contribution in [2.75, 3.05) is 42.5 Å². The third kappa shape index (κ3) is 4.80. The van der Waals surface area contributed by atoms with Gasteiger partial charge in [-0.15, -0.1) is 0 Å². The highest BCUT2D eigenvalue weighted by Gasteiger charge is 2.44. The second-order valence-corrected chi connectivity index (χ2v) is 10.6. The van der Waals surface area contributed by atoms with Gasteiger partial charge in [0, 0.05) is 17.0 Å². The molecule has 0 aromatic heterocycles. The molecule has 2 aliphatic rings. The summed E-state index contributed by atoms with van der Waals surface area (Å²) in [6.07, 6.45) is 0. The SMILES string of the molecule is COc1cccc(N(CC(=O)Nc2ccccc2OC)C2=N[C@@H]3CS(=O)(=O)C[C@@H]3S2)c1. The molecular weight excluding hydrogens is 438 g/mol. The fraction of sp³-hybridized carbons (Fsp3) is 0.333. The smallest absolute Gasteiger partial charge is 0.244 e. The van der Waals surface area contributed by atoms with Crippen molar-refractivity contribution in [3.8, 4) is 11.5 Å². The van der Waals surface area contributed by atoms with Crippen LogP contribution in [0.25, 0.3) is 0 Å². The number of nitrogens with zero attached hydrogens (tertiary/aromatic N) is 2. The van der Waals surface area contributed by atoms with E-state index < -0.39 is 9.84 Å². The molecule has 0 bridgehead atoms.